The lowest BCUT2D eigenvalue weighted by atomic mass is 10.7. The van der Waals surface area contributed by atoms with Gasteiger partial charge in [-0.1, -0.05) is 0 Å². The van der Waals surface area contributed by atoms with E-state index in [9.17, 15) is 0 Å². The van der Waals surface area contributed by atoms with E-state index in [-0.39, 0.29) is 0 Å². The number of nitrogens with zero attached hydrogens (tertiary/aromatic N) is 2. The number of ether oxygens (including phenoxy) is 2. The molecule has 0 saturated heterocycles. The van der Waals surface area contributed by atoms with Crippen molar-refractivity contribution in [2.75, 3.05) is 26.1 Å². The van der Waals surface area contributed by atoms with Crippen LogP contribution >= 0.6 is 0 Å². The smallest absolute Gasteiger partial charge is 0.145 e. The number of methoxy groups -OCH3 is 1. The van der Waals surface area contributed by atoms with Gasteiger partial charge in [-0.25, -0.2) is 4.68 Å². The number of nitrogens with two attached hydrogens (primary N) is 1. The minimum absolute atomic E-state index is 0.417. The van der Waals surface area contributed by atoms with Crippen molar-refractivity contribution in [1.82, 2.24) is 9.78 Å². The molecule has 0 unspecified atom stereocenters. The maximum absolute atomic E-state index is 5.40. The van der Waals surface area contributed by atoms with Crippen LogP contribution in [0, 0.1) is 0 Å². The van der Waals surface area contributed by atoms with Crippen molar-refractivity contribution in [2.24, 2.45) is 0 Å². The molecule has 0 amide bonds. The van der Waals surface area contributed by atoms with Crippen molar-refractivity contribution in [3.05, 3.63) is 12.3 Å². The van der Waals surface area contributed by atoms with Gasteiger partial charge in [0.1, 0.15) is 12.5 Å². The Morgan fingerprint density at radius 3 is 3.00 bits per heavy atom. The number of anilines is 1. The van der Waals surface area contributed by atoms with Gasteiger partial charge in [0.25, 0.3) is 0 Å². The van der Waals surface area contributed by atoms with Crippen molar-refractivity contribution in [1.29, 1.82) is 0 Å². The summed E-state index contributed by atoms with van der Waals surface area (Å²) in [5.41, 5.74) is 5.40. The van der Waals surface area contributed by atoms with Crippen LogP contribution in [0.5, 0.6) is 0 Å². The maximum Gasteiger partial charge on any atom is 0.145 e. The third-order valence-corrected chi connectivity index (χ3v) is 1.32. The molecule has 1 rings (SSSR count). The van der Waals surface area contributed by atoms with E-state index < -0.39 is 0 Å². The molecule has 0 bridgehead atoms. The van der Waals surface area contributed by atoms with Gasteiger partial charge in [0.15, 0.2) is 0 Å². The highest BCUT2D eigenvalue weighted by Gasteiger charge is 1.92. The molecule has 1 aromatic heterocycles. The topological polar surface area (TPSA) is 62.3 Å². The Morgan fingerprint density at radius 1 is 1.58 bits per heavy atom. The monoisotopic (exact) mass is 171 g/mol. The van der Waals surface area contributed by atoms with Crippen LogP contribution in [0.2, 0.25) is 0 Å². The summed E-state index contributed by atoms with van der Waals surface area (Å²) in [4.78, 5) is 0. The molecular weight excluding hydrogens is 158 g/mol. The third-order valence-electron chi connectivity index (χ3n) is 1.32. The van der Waals surface area contributed by atoms with E-state index in [4.69, 9.17) is 15.2 Å². The number of aromatic nitrogens is 2. The van der Waals surface area contributed by atoms with E-state index in [0.29, 0.717) is 25.8 Å². The second-order valence-corrected chi connectivity index (χ2v) is 2.31. The Kier molecular flexibility index (Phi) is 3.56. The quantitative estimate of drug-likeness (QED) is 0.637. The number of rotatable bonds is 5. The second kappa shape index (κ2) is 4.74. The van der Waals surface area contributed by atoms with Crippen LogP contribution in [0.15, 0.2) is 12.3 Å². The molecule has 0 aliphatic rings. The van der Waals surface area contributed by atoms with Crippen LogP contribution in [0.4, 0.5) is 5.82 Å². The fourth-order valence-corrected chi connectivity index (χ4v) is 0.750. The molecule has 0 aromatic carbocycles. The molecule has 1 heterocycles. The molecule has 68 valence electrons. The molecule has 1 aromatic rings. The van der Waals surface area contributed by atoms with Crippen molar-refractivity contribution in [3.63, 3.8) is 0 Å². The lowest BCUT2D eigenvalue weighted by Gasteiger charge is -2.02. The van der Waals surface area contributed by atoms with Crippen molar-refractivity contribution in [3.8, 4) is 0 Å². The van der Waals surface area contributed by atoms with Crippen molar-refractivity contribution >= 4 is 5.82 Å². The third kappa shape index (κ3) is 2.89. The van der Waals surface area contributed by atoms with E-state index in [0.717, 1.165) is 0 Å². The van der Waals surface area contributed by atoms with Gasteiger partial charge in [0.2, 0.25) is 0 Å². The van der Waals surface area contributed by atoms with Crippen LogP contribution in [0.25, 0.3) is 0 Å². The van der Waals surface area contributed by atoms with Crippen LogP contribution in [-0.4, -0.2) is 30.1 Å². The molecule has 0 saturated carbocycles. The first-order valence-corrected chi connectivity index (χ1v) is 3.68. The minimum atomic E-state index is 0.417. The van der Waals surface area contributed by atoms with E-state index in [1.165, 1.54) is 0 Å². The first kappa shape index (κ1) is 9.02. The van der Waals surface area contributed by atoms with Gasteiger partial charge in [-0.05, 0) is 0 Å². The first-order valence-electron chi connectivity index (χ1n) is 3.68. The Labute approximate surface area is 71.1 Å². The zero-order valence-corrected chi connectivity index (χ0v) is 7.06. The molecule has 0 spiro atoms. The fraction of sp³-hybridized carbons (Fsp3) is 0.571. The summed E-state index contributed by atoms with van der Waals surface area (Å²) in [5, 5.41) is 3.94. The summed E-state index contributed by atoms with van der Waals surface area (Å²) in [6, 6.07) is 1.72. The highest BCUT2D eigenvalue weighted by Crippen LogP contribution is 1.95. The fourth-order valence-electron chi connectivity index (χ4n) is 0.750. The van der Waals surface area contributed by atoms with Crippen LogP contribution < -0.4 is 5.73 Å². The van der Waals surface area contributed by atoms with Crippen LogP contribution in [-0.2, 0) is 16.2 Å². The summed E-state index contributed by atoms with van der Waals surface area (Å²) < 4.78 is 11.6. The summed E-state index contributed by atoms with van der Waals surface area (Å²) >= 11 is 0. The first-order chi connectivity index (χ1) is 5.83. The normalized spacial score (nSPS) is 10.4. The second-order valence-electron chi connectivity index (χ2n) is 2.31. The molecule has 5 nitrogen and oxygen atoms in total. The number of nitrogen functional groups attached to an aromatic ring is 1. The highest BCUT2D eigenvalue weighted by atomic mass is 16.5. The molecule has 0 fully saturated rings. The summed E-state index contributed by atoms with van der Waals surface area (Å²) in [5.74, 6) is 0.505. The SMILES string of the molecule is COCCOCn1ccc(N)n1. The molecule has 2 N–H and O–H groups in total. The predicted molar refractivity (Wildman–Crippen MR) is 44.5 cm³/mol. The Balaban J connectivity index is 2.15. The van der Waals surface area contributed by atoms with Gasteiger partial charge in [-0.15, -0.1) is 0 Å². The molecule has 12 heavy (non-hydrogen) atoms. The lowest BCUT2D eigenvalue weighted by molar-refractivity contribution is 0.0290. The Hall–Kier alpha value is -1.07. The highest BCUT2D eigenvalue weighted by molar-refractivity contribution is 5.23. The maximum atomic E-state index is 5.40. The predicted octanol–water partition coefficient (Wildman–Crippen LogP) is 0.0858. The molecule has 0 aliphatic heterocycles. The Bertz CT molecular complexity index is 224. The molecule has 0 atom stereocenters. The lowest BCUT2D eigenvalue weighted by Crippen LogP contribution is -2.07. The van der Waals surface area contributed by atoms with Crippen molar-refractivity contribution < 1.29 is 9.47 Å². The summed E-state index contributed by atoms with van der Waals surface area (Å²) in [6.45, 7) is 1.58. The zero-order chi connectivity index (χ0) is 8.81. The van der Waals surface area contributed by atoms with Gasteiger partial charge in [0.05, 0.1) is 13.2 Å². The van der Waals surface area contributed by atoms with Gasteiger partial charge >= 0.3 is 0 Å². The number of hydrogen-bond donors (Lipinski definition) is 1. The largest absolute Gasteiger partial charge is 0.382 e. The molecule has 0 aliphatic carbocycles. The van der Waals surface area contributed by atoms with Crippen molar-refractivity contribution in [2.45, 2.75) is 6.73 Å². The van der Waals surface area contributed by atoms with E-state index in [1.807, 2.05) is 0 Å². The molecular formula is C7H13N3O2. The summed E-state index contributed by atoms with van der Waals surface area (Å²) in [6.07, 6.45) is 1.77. The minimum Gasteiger partial charge on any atom is -0.382 e. The van der Waals surface area contributed by atoms with E-state index in [2.05, 4.69) is 5.10 Å². The average molecular weight is 171 g/mol. The van der Waals surface area contributed by atoms with E-state index >= 15 is 0 Å². The average Bonchev–Trinajstić information content (AvgIpc) is 2.45. The van der Waals surface area contributed by atoms with Gasteiger partial charge in [0, 0.05) is 19.4 Å². The summed E-state index contributed by atoms with van der Waals surface area (Å²) in [7, 11) is 1.63. The van der Waals surface area contributed by atoms with Crippen LogP contribution in [0.1, 0.15) is 0 Å². The Morgan fingerprint density at radius 2 is 2.42 bits per heavy atom. The molecule has 5 heteroatoms. The van der Waals surface area contributed by atoms with Crippen LogP contribution in [0.3, 0.4) is 0 Å². The molecule has 0 radical (unpaired) electrons. The van der Waals surface area contributed by atoms with Gasteiger partial charge in [-0.2, -0.15) is 5.10 Å². The standard InChI is InChI=1S/C7H13N3O2/c1-11-4-5-12-6-10-3-2-7(8)9-10/h2-3H,4-6H2,1H3,(H2,8,9). The zero-order valence-electron chi connectivity index (χ0n) is 7.06. The van der Waals surface area contributed by atoms with Gasteiger partial charge in [-0.3, -0.25) is 0 Å². The van der Waals surface area contributed by atoms with E-state index in [1.54, 1.807) is 24.1 Å². The number of hydrogen-bond acceptors (Lipinski definition) is 4. The van der Waals surface area contributed by atoms with Gasteiger partial charge < -0.3 is 15.2 Å².